The molecule has 0 aliphatic heterocycles. The molecule has 0 bridgehead atoms. The zero-order chi connectivity index (χ0) is 13.4. The van der Waals surface area contributed by atoms with Crippen LogP contribution in [0.5, 0.6) is 0 Å². The van der Waals surface area contributed by atoms with E-state index < -0.39 is 12.8 Å². The number of hydrogen-bond acceptors (Lipinski definition) is 2. The van der Waals surface area contributed by atoms with E-state index in [4.69, 9.17) is 0 Å². The summed E-state index contributed by atoms with van der Waals surface area (Å²) in [4.78, 5) is 0. The quantitative estimate of drug-likeness (QED) is 0.587. The summed E-state index contributed by atoms with van der Waals surface area (Å²) in [6.07, 6.45) is 2.61. The third kappa shape index (κ3) is 7.93. The van der Waals surface area contributed by atoms with Crippen molar-refractivity contribution in [1.82, 2.24) is 5.32 Å². The molecular formula is C13H24F3NO. The van der Waals surface area contributed by atoms with Crippen molar-refractivity contribution in [2.75, 3.05) is 19.8 Å². The van der Waals surface area contributed by atoms with E-state index in [1.54, 1.807) is 0 Å². The second kappa shape index (κ2) is 8.00. The molecule has 2 nitrogen and oxygen atoms in total. The fraction of sp³-hybridized carbons (Fsp3) is 1.00. The van der Waals surface area contributed by atoms with Crippen molar-refractivity contribution in [1.29, 1.82) is 0 Å². The van der Waals surface area contributed by atoms with E-state index in [-0.39, 0.29) is 6.61 Å². The van der Waals surface area contributed by atoms with Gasteiger partial charge in [-0.3, -0.25) is 0 Å². The standard InChI is InChI=1S/C13H24F3NO/c1-11-4-2-5-12(7-6-11)17-8-3-9-18-10-13(14,15)16/h11-12,17H,2-10H2,1H3. The Morgan fingerprint density at radius 2 is 1.94 bits per heavy atom. The molecule has 1 N–H and O–H groups in total. The summed E-state index contributed by atoms with van der Waals surface area (Å²) >= 11 is 0. The van der Waals surface area contributed by atoms with Gasteiger partial charge in [-0.2, -0.15) is 13.2 Å². The van der Waals surface area contributed by atoms with Gasteiger partial charge in [0.1, 0.15) is 6.61 Å². The molecule has 0 saturated heterocycles. The first kappa shape index (κ1) is 15.8. The predicted octanol–water partition coefficient (Wildman–Crippen LogP) is 3.51. The van der Waals surface area contributed by atoms with Crippen LogP contribution in [-0.2, 0) is 4.74 Å². The molecule has 0 aromatic heterocycles. The summed E-state index contributed by atoms with van der Waals surface area (Å²) in [6, 6.07) is 0.539. The lowest BCUT2D eigenvalue weighted by Gasteiger charge is -2.16. The molecule has 0 amide bonds. The number of halogens is 3. The molecule has 2 unspecified atom stereocenters. The highest BCUT2D eigenvalue weighted by Gasteiger charge is 2.27. The number of hydrogen-bond donors (Lipinski definition) is 1. The fourth-order valence-electron chi connectivity index (χ4n) is 2.36. The number of nitrogens with one attached hydrogen (secondary N) is 1. The van der Waals surface area contributed by atoms with Gasteiger partial charge >= 0.3 is 6.18 Å². The Balaban J connectivity index is 1.97. The van der Waals surface area contributed by atoms with Gasteiger partial charge in [-0.05, 0) is 38.1 Å². The molecule has 0 heterocycles. The van der Waals surface area contributed by atoms with Gasteiger partial charge in [0, 0.05) is 12.6 Å². The second-order valence-electron chi connectivity index (χ2n) is 5.29. The van der Waals surface area contributed by atoms with E-state index in [1.807, 2.05) is 0 Å². The van der Waals surface area contributed by atoms with E-state index >= 15 is 0 Å². The van der Waals surface area contributed by atoms with E-state index in [2.05, 4.69) is 17.0 Å². The Morgan fingerprint density at radius 1 is 1.17 bits per heavy atom. The van der Waals surface area contributed by atoms with Crippen LogP contribution < -0.4 is 5.32 Å². The normalized spacial score (nSPS) is 26.0. The Morgan fingerprint density at radius 3 is 2.67 bits per heavy atom. The fourth-order valence-corrected chi connectivity index (χ4v) is 2.36. The first-order valence-corrected chi connectivity index (χ1v) is 6.85. The molecule has 108 valence electrons. The SMILES string of the molecule is CC1CCCC(NCCCOCC(F)(F)F)CC1. The predicted molar refractivity (Wildman–Crippen MR) is 65.5 cm³/mol. The van der Waals surface area contributed by atoms with Crippen molar-refractivity contribution in [3.8, 4) is 0 Å². The summed E-state index contributed by atoms with van der Waals surface area (Å²) in [6.45, 7) is 2.08. The van der Waals surface area contributed by atoms with Crippen molar-refractivity contribution >= 4 is 0 Å². The second-order valence-corrected chi connectivity index (χ2v) is 5.29. The largest absolute Gasteiger partial charge is 0.411 e. The van der Waals surface area contributed by atoms with Crippen LogP contribution in [0.25, 0.3) is 0 Å². The summed E-state index contributed by atoms with van der Waals surface area (Å²) < 4.78 is 40.0. The van der Waals surface area contributed by atoms with Gasteiger partial charge in [-0.15, -0.1) is 0 Å². The summed E-state index contributed by atoms with van der Waals surface area (Å²) in [5.41, 5.74) is 0. The molecule has 0 spiro atoms. The van der Waals surface area contributed by atoms with Crippen molar-refractivity contribution < 1.29 is 17.9 Å². The molecule has 1 fully saturated rings. The maximum atomic E-state index is 11.8. The van der Waals surface area contributed by atoms with E-state index in [1.165, 1.54) is 32.1 Å². The van der Waals surface area contributed by atoms with Crippen LogP contribution in [0.2, 0.25) is 0 Å². The lowest BCUT2D eigenvalue weighted by atomic mass is 10.0. The molecule has 1 aliphatic rings. The van der Waals surface area contributed by atoms with Crippen LogP contribution in [0.3, 0.4) is 0 Å². The van der Waals surface area contributed by atoms with Gasteiger partial charge < -0.3 is 10.1 Å². The highest BCUT2D eigenvalue weighted by atomic mass is 19.4. The first-order chi connectivity index (χ1) is 8.47. The molecular weight excluding hydrogens is 243 g/mol. The van der Waals surface area contributed by atoms with Crippen LogP contribution in [0.15, 0.2) is 0 Å². The summed E-state index contributed by atoms with van der Waals surface area (Å²) in [5.74, 6) is 0.812. The average Bonchev–Trinajstić information content (AvgIpc) is 2.47. The minimum atomic E-state index is -4.20. The van der Waals surface area contributed by atoms with E-state index in [0.717, 1.165) is 12.5 Å². The summed E-state index contributed by atoms with van der Waals surface area (Å²) in [7, 11) is 0. The molecule has 0 aromatic carbocycles. The van der Waals surface area contributed by atoms with Crippen molar-refractivity contribution in [2.45, 2.75) is 57.7 Å². The number of rotatable bonds is 6. The molecule has 0 radical (unpaired) electrons. The lowest BCUT2D eigenvalue weighted by Crippen LogP contribution is -2.30. The molecule has 5 heteroatoms. The summed E-state index contributed by atoms with van der Waals surface area (Å²) in [5, 5.41) is 3.42. The Labute approximate surface area is 107 Å². The molecule has 2 atom stereocenters. The molecule has 0 aromatic rings. The zero-order valence-electron chi connectivity index (χ0n) is 11.1. The maximum absolute atomic E-state index is 11.8. The minimum Gasteiger partial charge on any atom is -0.372 e. The van der Waals surface area contributed by atoms with Gasteiger partial charge in [-0.1, -0.05) is 19.8 Å². The van der Waals surface area contributed by atoms with Crippen LogP contribution in [0, 0.1) is 5.92 Å². The number of ether oxygens (including phenoxy) is 1. The Hall–Kier alpha value is -0.290. The van der Waals surface area contributed by atoms with Crippen molar-refractivity contribution in [3.05, 3.63) is 0 Å². The van der Waals surface area contributed by atoms with Gasteiger partial charge in [0.25, 0.3) is 0 Å². The third-order valence-electron chi connectivity index (χ3n) is 3.42. The number of alkyl halides is 3. The molecule has 1 aliphatic carbocycles. The molecule has 18 heavy (non-hydrogen) atoms. The van der Waals surface area contributed by atoms with E-state index in [0.29, 0.717) is 12.5 Å². The van der Waals surface area contributed by atoms with Gasteiger partial charge in [0.15, 0.2) is 0 Å². The van der Waals surface area contributed by atoms with Gasteiger partial charge in [0.05, 0.1) is 0 Å². The first-order valence-electron chi connectivity index (χ1n) is 6.85. The smallest absolute Gasteiger partial charge is 0.372 e. The van der Waals surface area contributed by atoms with Crippen molar-refractivity contribution in [3.63, 3.8) is 0 Å². The van der Waals surface area contributed by atoms with Gasteiger partial charge in [0.2, 0.25) is 0 Å². The molecule has 1 saturated carbocycles. The van der Waals surface area contributed by atoms with Crippen LogP contribution in [-0.4, -0.2) is 32.0 Å². The van der Waals surface area contributed by atoms with E-state index in [9.17, 15) is 13.2 Å². The zero-order valence-corrected chi connectivity index (χ0v) is 11.1. The van der Waals surface area contributed by atoms with Crippen LogP contribution in [0.4, 0.5) is 13.2 Å². The third-order valence-corrected chi connectivity index (χ3v) is 3.42. The highest BCUT2D eigenvalue weighted by molar-refractivity contribution is 4.73. The minimum absolute atomic E-state index is 0.176. The molecule has 1 rings (SSSR count). The van der Waals surface area contributed by atoms with Crippen LogP contribution >= 0.6 is 0 Å². The topological polar surface area (TPSA) is 21.3 Å². The van der Waals surface area contributed by atoms with Crippen molar-refractivity contribution in [2.24, 2.45) is 5.92 Å². The highest BCUT2D eigenvalue weighted by Crippen LogP contribution is 2.22. The van der Waals surface area contributed by atoms with Crippen LogP contribution in [0.1, 0.15) is 45.4 Å². The Bertz CT molecular complexity index is 221. The monoisotopic (exact) mass is 267 g/mol. The Kier molecular flexibility index (Phi) is 7.00. The average molecular weight is 267 g/mol. The maximum Gasteiger partial charge on any atom is 0.411 e. The lowest BCUT2D eigenvalue weighted by molar-refractivity contribution is -0.173. The van der Waals surface area contributed by atoms with Gasteiger partial charge in [-0.25, -0.2) is 0 Å².